The molecule has 662 valence electrons. The number of amides is 7. The van der Waals surface area contributed by atoms with Crippen molar-refractivity contribution in [2.24, 2.45) is 45.5 Å². The molecule has 0 saturated carbocycles. The van der Waals surface area contributed by atoms with E-state index in [1.54, 1.807) is 89.6 Å². The number of methoxy groups -OCH3 is 6. The van der Waals surface area contributed by atoms with Gasteiger partial charge in [-0.15, -0.1) is 0 Å². The first-order valence-electron chi connectivity index (χ1n) is 41.9. The zero-order chi connectivity index (χ0) is 87.9. The summed E-state index contributed by atoms with van der Waals surface area (Å²) < 4.78 is 41.3. The highest BCUT2D eigenvalue weighted by molar-refractivity contribution is 5.90. The Bertz CT molecular complexity index is 3480. The van der Waals surface area contributed by atoms with E-state index in [2.05, 4.69) is 16.0 Å². The highest BCUT2D eigenvalue weighted by Crippen LogP contribution is 2.36. The van der Waals surface area contributed by atoms with Crippen molar-refractivity contribution < 1.29 is 76.3 Å². The van der Waals surface area contributed by atoms with Gasteiger partial charge in [-0.3, -0.25) is 28.8 Å². The van der Waals surface area contributed by atoms with Crippen LogP contribution in [0, 0.1) is 35.5 Å². The van der Waals surface area contributed by atoms with Gasteiger partial charge in [-0.1, -0.05) is 129 Å². The number of guanidine groups is 2. The van der Waals surface area contributed by atoms with Gasteiger partial charge in [-0.25, -0.2) is 24.4 Å². The third-order valence-corrected chi connectivity index (χ3v) is 23.3. The molecule has 2 aliphatic heterocycles. The van der Waals surface area contributed by atoms with E-state index in [0.717, 1.165) is 11.1 Å². The van der Waals surface area contributed by atoms with Crippen LogP contribution < -0.4 is 16.0 Å². The van der Waals surface area contributed by atoms with Crippen molar-refractivity contribution in [3.8, 4) is 0 Å². The maximum absolute atomic E-state index is 16.4. The van der Waals surface area contributed by atoms with Crippen LogP contribution in [0.3, 0.4) is 0 Å². The molecule has 4 rings (SSSR count). The van der Waals surface area contributed by atoms with Gasteiger partial charge in [0.25, 0.3) is 0 Å². The van der Waals surface area contributed by atoms with Crippen molar-refractivity contribution >= 4 is 65.4 Å². The molecule has 2 aromatic rings. The Morgan fingerprint density at radius 3 is 1.32 bits per heavy atom. The van der Waals surface area contributed by atoms with Gasteiger partial charge in [-0.2, -0.15) is 0 Å². The number of aliphatic imine (C=N–C) groups is 2. The lowest BCUT2D eigenvalue weighted by Gasteiger charge is -2.42. The molecule has 0 spiro atoms. The fourth-order valence-corrected chi connectivity index (χ4v) is 16.4. The Labute approximate surface area is 699 Å². The van der Waals surface area contributed by atoms with Gasteiger partial charge in [-0.05, 0) is 101 Å². The summed E-state index contributed by atoms with van der Waals surface area (Å²) in [6.45, 7) is 23.4. The summed E-state index contributed by atoms with van der Waals surface area (Å²) in [6, 6.07) is 12.2. The maximum atomic E-state index is 16.4. The predicted molar refractivity (Wildman–Crippen MR) is 456 cm³/mol. The number of nitrogens with zero attached hydrogens (tertiary/aromatic N) is 11. The molecule has 2 heterocycles. The summed E-state index contributed by atoms with van der Waals surface area (Å²) in [5.41, 5.74) is 0.925. The first kappa shape index (κ1) is 101. The van der Waals surface area contributed by atoms with E-state index in [1.165, 1.54) is 33.3 Å². The summed E-state index contributed by atoms with van der Waals surface area (Å²) in [5, 5.41) is 9.03. The Kier molecular flexibility index (Phi) is 42.7. The third kappa shape index (κ3) is 29.3. The number of hydrogen-bond acceptors (Lipinski definition) is 19. The van der Waals surface area contributed by atoms with E-state index in [1.807, 2.05) is 171 Å². The number of esters is 2. The van der Waals surface area contributed by atoms with Crippen molar-refractivity contribution in [1.29, 1.82) is 0 Å². The largest absolute Gasteiger partial charge is 0.467 e. The summed E-state index contributed by atoms with van der Waals surface area (Å²) >= 11 is 0. The number of nitrogens with one attached hydrogen (secondary N) is 3. The average Bonchev–Trinajstić information content (AvgIpc) is 1.79. The van der Waals surface area contributed by atoms with E-state index in [0.29, 0.717) is 96.0 Å². The number of hydrogen-bond donors (Lipinski definition) is 3. The normalized spacial score (nSPS) is 18.5. The van der Waals surface area contributed by atoms with Gasteiger partial charge < -0.3 is 93.2 Å². The molecule has 117 heavy (non-hydrogen) atoms. The number of likely N-dealkylation sites (N-methyl/N-ethyl adjacent to an activating group) is 6. The summed E-state index contributed by atoms with van der Waals surface area (Å²) in [4.78, 5) is 158. The molecule has 2 fully saturated rings. The standard InChI is InChI=1S/C87H148N14O16/c1-28-57(5)74(68(111-22)54-70(102)100-47-36-42-66(100)76(113-24)59(7)78(104)89-64(82(108)115-26)52-61-38-32-30-33-39-61)98(20)81(107)73(92-85(94(15)16)96(18)50-51-97(19)86(110)117-87(9,10)11)58(6)44-45-63(29-2)75(99(21)80(106)72(56(3)4)91-84(93(13)14)95(17)49-46-88-12)69(112-23)55-71(103)101-48-37-43-67(101)77(114-25)60(8)79(105)90-65(83(109)116-27)53-62-40-34-31-35-41-62/h30-35,38-41,56-60,63-69,72-77,88H,28-29,36-37,42-55H2,1-27H3,(H,89,104)(H,90,105)/b91-84+,92-85+/t57-,58?,59+,60+,63+,64-,65-,66-,67-,68+,69+,72-,73-,74-,75-,76+,77+/m0/s1. The van der Waals surface area contributed by atoms with Crippen LogP contribution >= 0.6 is 0 Å². The molecule has 0 bridgehead atoms. The lowest BCUT2D eigenvalue weighted by Crippen LogP contribution is -2.56. The highest BCUT2D eigenvalue weighted by atomic mass is 16.6. The van der Waals surface area contributed by atoms with Crippen molar-refractivity contribution in [3.05, 3.63) is 71.8 Å². The number of benzene rings is 2. The van der Waals surface area contributed by atoms with Crippen molar-refractivity contribution in [3.63, 3.8) is 0 Å². The van der Waals surface area contributed by atoms with Gasteiger partial charge in [0.15, 0.2) is 11.9 Å². The second kappa shape index (κ2) is 49.4. The van der Waals surface area contributed by atoms with Crippen LogP contribution in [0.1, 0.15) is 151 Å². The highest BCUT2D eigenvalue weighted by Gasteiger charge is 2.47. The topological polar surface area (TPSA) is 308 Å². The molecule has 3 N–H and O–H groups in total. The minimum Gasteiger partial charge on any atom is -0.467 e. The fraction of sp³-hybridized carbons (Fsp3) is 0.736. The predicted octanol–water partition coefficient (Wildman–Crippen LogP) is 7.20. The molecule has 30 heteroatoms. The second-order valence-electron chi connectivity index (χ2n) is 33.7. The molecule has 0 aromatic heterocycles. The molecular formula is C87H148N14O16. The van der Waals surface area contributed by atoms with Crippen LogP contribution in [0.5, 0.6) is 0 Å². The van der Waals surface area contributed by atoms with E-state index >= 15 is 19.2 Å². The lowest BCUT2D eigenvalue weighted by molar-refractivity contribution is -0.148. The fourth-order valence-electron chi connectivity index (χ4n) is 16.4. The lowest BCUT2D eigenvalue weighted by atomic mass is 9.82. The van der Waals surface area contributed by atoms with E-state index in [4.69, 9.17) is 43.1 Å². The van der Waals surface area contributed by atoms with Crippen LogP contribution in [0.2, 0.25) is 0 Å². The molecule has 0 radical (unpaired) electrons. The van der Waals surface area contributed by atoms with Crippen LogP contribution in [-0.2, 0) is 84.4 Å². The third-order valence-electron chi connectivity index (χ3n) is 23.3. The van der Waals surface area contributed by atoms with E-state index in [-0.39, 0.29) is 73.6 Å². The van der Waals surface area contributed by atoms with Crippen LogP contribution in [0.4, 0.5) is 4.79 Å². The molecule has 1 unspecified atom stereocenters. The summed E-state index contributed by atoms with van der Waals surface area (Å²) in [6.07, 6.45) is 0.474. The van der Waals surface area contributed by atoms with Gasteiger partial charge >= 0.3 is 18.0 Å². The minimum atomic E-state index is -1.10. The van der Waals surface area contributed by atoms with Crippen LogP contribution in [0.15, 0.2) is 70.6 Å². The van der Waals surface area contributed by atoms with Gasteiger partial charge in [0.1, 0.15) is 29.8 Å². The van der Waals surface area contributed by atoms with Crippen molar-refractivity contribution in [2.45, 2.75) is 232 Å². The Balaban J connectivity index is 1.87. The van der Waals surface area contributed by atoms with Crippen molar-refractivity contribution in [1.82, 2.24) is 60.0 Å². The monoisotopic (exact) mass is 1650 g/mol. The number of carbonyl (C=O) groups is 9. The SMILES string of the molecule is CC[C@H](CCC(C)[C@H](/N=C(\N(C)C)N(C)CCN(C)C(=O)OC(C)(C)C)C(=O)N(C)[C@@H]([C@@H](C)CC)[C@@H](CC(=O)N1CCC[C@H]1[C@H](OC)[C@@H](C)C(=O)N[C@@H](Cc1ccccc1)C(=O)OC)OC)[C@@H]([C@@H](CC(=O)N1CCC[C@H]1[C@H](OC)[C@@H](C)C(=O)N[C@@H](Cc1ccccc1)C(=O)OC)OC)N(C)C(=O)[C@@H](/N=C(\N(C)C)N(C)CCNC)C(C)C. The van der Waals surface area contributed by atoms with Gasteiger partial charge in [0.2, 0.25) is 35.4 Å². The Morgan fingerprint density at radius 1 is 0.521 bits per heavy atom. The first-order chi connectivity index (χ1) is 55.3. The Morgan fingerprint density at radius 2 is 0.932 bits per heavy atom. The second-order valence-corrected chi connectivity index (χ2v) is 33.7. The molecule has 0 aliphatic carbocycles. The summed E-state index contributed by atoms with van der Waals surface area (Å²) in [5.74, 6) is -5.27. The zero-order valence-corrected chi connectivity index (χ0v) is 75.8. The van der Waals surface area contributed by atoms with Crippen LogP contribution in [-0.4, -0.2) is 340 Å². The smallest absolute Gasteiger partial charge is 0.410 e. The quantitative estimate of drug-likeness (QED) is 0.0255. The molecule has 17 atom stereocenters. The molecule has 30 nitrogen and oxygen atoms in total. The first-order valence-corrected chi connectivity index (χ1v) is 41.9. The molecule has 2 aromatic carbocycles. The number of ether oxygens (including phenoxy) is 7. The van der Waals surface area contributed by atoms with Crippen molar-refractivity contribution in [2.75, 3.05) is 152 Å². The average molecular weight is 1650 g/mol. The van der Waals surface area contributed by atoms with E-state index in [9.17, 15) is 24.0 Å². The number of likely N-dealkylation sites (tertiary alicyclic amines) is 2. The maximum Gasteiger partial charge on any atom is 0.410 e. The molecular weight excluding hydrogens is 1500 g/mol. The molecule has 2 saturated heterocycles. The Hall–Kier alpha value is -8.19. The number of rotatable bonds is 45. The minimum absolute atomic E-state index is 0.129. The van der Waals surface area contributed by atoms with Crippen LogP contribution in [0.25, 0.3) is 0 Å². The molecule has 2 aliphatic rings. The van der Waals surface area contributed by atoms with E-state index < -0.39 is 126 Å². The molecule has 7 amide bonds. The summed E-state index contributed by atoms with van der Waals surface area (Å²) in [7, 11) is 27.0. The van der Waals surface area contributed by atoms with Gasteiger partial charge in [0.05, 0.1) is 87.5 Å². The zero-order valence-electron chi connectivity index (χ0n) is 75.8. The number of carbonyl (C=O) groups excluding carboxylic acids is 9. The van der Waals surface area contributed by atoms with Gasteiger partial charge in [0, 0.05) is 144 Å².